The summed E-state index contributed by atoms with van der Waals surface area (Å²) in [6.45, 7) is 1.20. The van der Waals surface area contributed by atoms with E-state index < -0.39 is 0 Å². The second kappa shape index (κ2) is 8.95. The number of amides is 2. The van der Waals surface area contributed by atoms with Crippen molar-refractivity contribution >= 4 is 17.9 Å². The summed E-state index contributed by atoms with van der Waals surface area (Å²) in [4.78, 5) is 27.3. The lowest BCUT2D eigenvalue weighted by Gasteiger charge is -2.44. The Morgan fingerprint density at radius 2 is 2.10 bits per heavy atom. The maximum atomic E-state index is 13.5. The van der Waals surface area contributed by atoms with Gasteiger partial charge in [0.2, 0.25) is 5.91 Å². The molecule has 2 amide bonds. The van der Waals surface area contributed by atoms with E-state index >= 15 is 0 Å². The molecular weight excluding hydrogens is 375 g/mol. The Balaban J connectivity index is 1.48. The Bertz CT molecular complexity index is 791. The van der Waals surface area contributed by atoms with Crippen molar-refractivity contribution in [2.45, 2.75) is 56.8 Å². The molecule has 1 saturated carbocycles. The highest BCUT2D eigenvalue weighted by atomic mass is 19.1. The molecule has 1 aromatic carbocycles. The first-order chi connectivity index (χ1) is 14.1. The topological polar surface area (TPSA) is 67.9 Å². The van der Waals surface area contributed by atoms with Crippen molar-refractivity contribution in [3.05, 3.63) is 41.4 Å². The van der Waals surface area contributed by atoms with Crippen LogP contribution >= 0.6 is 0 Å². The molecule has 6 nitrogen and oxygen atoms in total. The first kappa shape index (κ1) is 19.9. The molecule has 2 saturated heterocycles. The lowest BCUT2D eigenvalue weighted by atomic mass is 9.89. The number of hydrogen-bond donors (Lipinski definition) is 1. The van der Waals surface area contributed by atoms with E-state index in [1.54, 1.807) is 23.1 Å². The molecule has 3 aliphatic rings. The fourth-order valence-corrected chi connectivity index (χ4v) is 4.35. The van der Waals surface area contributed by atoms with E-state index in [1.165, 1.54) is 12.1 Å². The Kier molecular flexibility index (Phi) is 6.13. The van der Waals surface area contributed by atoms with E-state index in [2.05, 4.69) is 5.32 Å². The maximum Gasteiger partial charge on any atom is 0.289 e. The third-order valence-electron chi connectivity index (χ3n) is 5.83. The Morgan fingerprint density at radius 1 is 1.24 bits per heavy atom. The van der Waals surface area contributed by atoms with Gasteiger partial charge in [0.25, 0.3) is 5.91 Å². The summed E-state index contributed by atoms with van der Waals surface area (Å²) in [5.74, 6) is -0.705. The van der Waals surface area contributed by atoms with E-state index in [4.69, 9.17) is 9.47 Å². The number of rotatable bonds is 5. The number of nitrogens with zero attached hydrogens (tertiary/aromatic N) is 1. The SMILES string of the molecule is O=C(CN1C(=O)/C(=C\c2cccc(F)c2)OC2CCCCC21)NCC1CCCO1. The summed E-state index contributed by atoms with van der Waals surface area (Å²) in [5.41, 5.74) is 0.561. The number of carbonyl (C=O) groups excluding carboxylic acids is 2. The maximum absolute atomic E-state index is 13.5. The van der Waals surface area contributed by atoms with Gasteiger partial charge in [0.05, 0.1) is 12.1 Å². The summed E-state index contributed by atoms with van der Waals surface area (Å²) >= 11 is 0. The molecule has 2 heterocycles. The summed E-state index contributed by atoms with van der Waals surface area (Å²) < 4.78 is 25.1. The number of benzene rings is 1. The van der Waals surface area contributed by atoms with Crippen LogP contribution in [0.25, 0.3) is 6.08 Å². The standard InChI is InChI=1S/C22H27FN2O4/c23-16-6-3-5-15(11-16)12-20-22(27)25(18-8-1-2-9-19(18)29-20)14-21(26)24-13-17-7-4-10-28-17/h3,5-6,11-12,17-19H,1-2,4,7-10,13-14H2,(H,24,26)/b20-12+. The van der Waals surface area contributed by atoms with Gasteiger partial charge in [-0.3, -0.25) is 9.59 Å². The zero-order chi connectivity index (χ0) is 20.2. The van der Waals surface area contributed by atoms with E-state index in [0.717, 1.165) is 45.1 Å². The molecule has 1 aliphatic carbocycles. The van der Waals surface area contributed by atoms with Crippen molar-refractivity contribution in [1.29, 1.82) is 0 Å². The number of hydrogen-bond acceptors (Lipinski definition) is 4. The highest BCUT2D eigenvalue weighted by Crippen LogP contribution is 2.33. The fourth-order valence-electron chi connectivity index (χ4n) is 4.35. The fraction of sp³-hybridized carbons (Fsp3) is 0.545. The van der Waals surface area contributed by atoms with Gasteiger partial charge in [0, 0.05) is 13.2 Å². The molecule has 0 spiro atoms. The minimum Gasteiger partial charge on any atom is -0.482 e. The molecule has 3 atom stereocenters. The molecule has 0 bridgehead atoms. The van der Waals surface area contributed by atoms with Gasteiger partial charge in [-0.1, -0.05) is 18.6 Å². The van der Waals surface area contributed by atoms with Crippen LogP contribution in [0.2, 0.25) is 0 Å². The van der Waals surface area contributed by atoms with Crippen LogP contribution in [-0.2, 0) is 19.1 Å². The van der Waals surface area contributed by atoms with E-state index in [1.807, 2.05) is 0 Å². The summed E-state index contributed by atoms with van der Waals surface area (Å²) in [5, 5.41) is 2.89. The van der Waals surface area contributed by atoms with Gasteiger partial charge in [-0.05, 0) is 55.9 Å². The van der Waals surface area contributed by atoms with E-state index in [0.29, 0.717) is 12.1 Å². The summed E-state index contributed by atoms with van der Waals surface area (Å²) in [6.07, 6.45) is 7.15. The van der Waals surface area contributed by atoms with Gasteiger partial charge < -0.3 is 19.7 Å². The first-order valence-electron chi connectivity index (χ1n) is 10.4. The third kappa shape index (κ3) is 4.78. The number of carbonyl (C=O) groups is 2. The van der Waals surface area contributed by atoms with Crippen molar-refractivity contribution in [2.24, 2.45) is 0 Å². The van der Waals surface area contributed by atoms with Crippen molar-refractivity contribution < 1.29 is 23.5 Å². The van der Waals surface area contributed by atoms with Gasteiger partial charge in [0.1, 0.15) is 18.5 Å². The monoisotopic (exact) mass is 402 g/mol. The molecular formula is C22H27FN2O4. The second-order valence-electron chi connectivity index (χ2n) is 7.94. The molecule has 2 aliphatic heterocycles. The Labute approximate surface area is 170 Å². The Hall–Kier alpha value is -2.41. The highest BCUT2D eigenvalue weighted by Gasteiger charge is 2.42. The van der Waals surface area contributed by atoms with Crippen molar-refractivity contribution in [2.75, 3.05) is 19.7 Å². The zero-order valence-electron chi connectivity index (χ0n) is 16.4. The molecule has 0 radical (unpaired) electrons. The number of fused-ring (bicyclic) bond motifs is 1. The van der Waals surface area contributed by atoms with Crippen LogP contribution in [0.1, 0.15) is 44.1 Å². The number of halogens is 1. The lowest BCUT2D eigenvalue weighted by Crippen LogP contribution is -2.57. The quantitative estimate of drug-likeness (QED) is 0.769. The van der Waals surface area contributed by atoms with Crippen LogP contribution < -0.4 is 5.32 Å². The van der Waals surface area contributed by atoms with Crippen LogP contribution in [0.3, 0.4) is 0 Å². The molecule has 1 aromatic rings. The average molecular weight is 402 g/mol. The van der Waals surface area contributed by atoms with E-state index in [9.17, 15) is 14.0 Å². The van der Waals surface area contributed by atoms with Crippen LogP contribution in [0, 0.1) is 5.82 Å². The van der Waals surface area contributed by atoms with Crippen molar-refractivity contribution in [3.8, 4) is 0 Å². The van der Waals surface area contributed by atoms with Crippen molar-refractivity contribution in [3.63, 3.8) is 0 Å². The number of ether oxygens (including phenoxy) is 2. The van der Waals surface area contributed by atoms with Crippen LogP contribution in [0.4, 0.5) is 4.39 Å². The molecule has 4 rings (SSSR count). The summed E-state index contributed by atoms with van der Waals surface area (Å²) in [7, 11) is 0. The Morgan fingerprint density at radius 3 is 2.90 bits per heavy atom. The molecule has 3 unspecified atom stereocenters. The van der Waals surface area contributed by atoms with Gasteiger partial charge in [0.15, 0.2) is 5.76 Å². The minimum atomic E-state index is -0.372. The van der Waals surface area contributed by atoms with Gasteiger partial charge in [-0.2, -0.15) is 0 Å². The molecule has 7 heteroatoms. The van der Waals surface area contributed by atoms with Crippen LogP contribution in [0.15, 0.2) is 30.0 Å². The van der Waals surface area contributed by atoms with E-state index in [-0.39, 0.29) is 48.2 Å². The predicted molar refractivity (Wildman–Crippen MR) is 105 cm³/mol. The van der Waals surface area contributed by atoms with Crippen LogP contribution in [0.5, 0.6) is 0 Å². The second-order valence-corrected chi connectivity index (χ2v) is 7.94. The summed E-state index contributed by atoms with van der Waals surface area (Å²) in [6, 6.07) is 5.92. The number of nitrogens with one attached hydrogen (secondary N) is 1. The zero-order valence-corrected chi connectivity index (χ0v) is 16.4. The predicted octanol–water partition coefficient (Wildman–Crippen LogP) is 2.63. The van der Waals surface area contributed by atoms with Gasteiger partial charge >= 0.3 is 0 Å². The van der Waals surface area contributed by atoms with Crippen LogP contribution in [-0.4, -0.2) is 54.7 Å². The molecule has 156 valence electrons. The third-order valence-corrected chi connectivity index (χ3v) is 5.83. The molecule has 29 heavy (non-hydrogen) atoms. The smallest absolute Gasteiger partial charge is 0.289 e. The molecule has 3 fully saturated rings. The average Bonchev–Trinajstić information content (AvgIpc) is 3.23. The number of morpholine rings is 1. The normalized spacial score (nSPS) is 28.2. The molecule has 0 aromatic heterocycles. The minimum absolute atomic E-state index is 0.00340. The first-order valence-corrected chi connectivity index (χ1v) is 10.4. The molecule has 1 N–H and O–H groups in total. The van der Waals surface area contributed by atoms with Crippen molar-refractivity contribution in [1.82, 2.24) is 10.2 Å². The lowest BCUT2D eigenvalue weighted by molar-refractivity contribution is -0.151. The van der Waals surface area contributed by atoms with Gasteiger partial charge in [-0.25, -0.2) is 4.39 Å². The highest BCUT2D eigenvalue weighted by molar-refractivity contribution is 5.98. The largest absolute Gasteiger partial charge is 0.482 e. The van der Waals surface area contributed by atoms with Gasteiger partial charge in [-0.15, -0.1) is 0 Å².